The molecule has 1 aliphatic rings. The van der Waals surface area contributed by atoms with Crippen LogP contribution in [-0.4, -0.2) is 40.8 Å². The van der Waals surface area contributed by atoms with E-state index in [1.807, 2.05) is 6.08 Å². The number of rotatable bonds is 2. The highest BCUT2D eigenvalue weighted by atomic mass is 19.1. The van der Waals surface area contributed by atoms with E-state index in [0.29, 0.717) is 6.42 Å². The van der Waals surface area contributed by atoms with E-state index in [-0.39, 0.29) is 12.4 Å². The normalized spacial score (nSPS) is 19.3. The van der Waals surface area contributed by atoms with Gasteiger partial charge < -0.3 is 9.47 Å². The van der Waals surface area contributed by atoms with Crippen molar-refractivity contribution in [3.05, 3.63) is 41.2 Å². The molecule has 0 saturated carbocycles. The van der Waals surface area contributed by atoms with Crippen LogP contribution in [0.3, 0.4) is 0 Å². The number of esters is 1. The fraction of sp³-hybridized carbons (Fsp3) is 0.524. The Morgan fingerprint density at radius 1 is 1.04 bits per heavy atom. The SMILES string of the molecule is CC(C)(C)OC(=O)[C@H]1C/C(=C\c2ccc(F)cc2)CN1C(=O)OC(C)(C)C. The van der Waals surface area contributed by atoms with E-state index in [2.05, 4.69) is 0 Å². The third-order valence-corrected chi connectivity index (χ3v) is 3.75. The number of carbonyl (C=O) groups is 2. The van der Waals surface area contributed by atoms with Crippen molar-refractivity contribution < 1.29 is 23.5 Å². The van der Waals surface area contributed by atoms with Crippen LogP contribution >= 0.6 is 0 Å². The first-order chi connectivity index (χ1) is 12.3. The zero-order valence-corrected chi connectivity index (χ0v) is 16.8. The van der Waals surface area contributed by atoms with Gasteiger partial charge in [0, 0.05) is 13.0 Å². The van der Waals surface area contributed by atoms with Gasteiger partial charge in [-0.25, -0.2) is 14.0 Å². The Balaban J connectivity index is 2.25. The topological polar surface area (TPSA) is 55.8 Å². The van der Waals surface area contributed by atoms with E-state index in [1.165, 1.54) is 17.0 Å². The zero-order chi connectivity index (χ0) is 20.4. The van der Waals surface area contributed by atoms with Crippen LogP contribution in [0.15, 0.2) is 29.8 Å². The minimum atomic E-state index is -0.745. The molecule has 1 aromatic carbocycles. The molecule has 2 rings (SSSR count). The number of hydrogen-bond acceptors (Lipinski definition) is 4. The lowest BCUT2D eigenvalue weighted by molar-refractivity contribution is -0.160. The Hall–Kier alpha value is -2.37. The number of hydrogen-bond donors (Lipinski definition) is 0. The van der Waals surface area contributed by atoms with Gasteiger partial charge in [-0.15, -0.1) is 0 Å². The number of halogens is 1. The number of benzene rings is 1. The lowest BCUT2D eigenvalue weighted by atomic mass is 10.1. The zero-order valence-electron chi connectivity index (χ0n) is 16.8. The molecule has 0 radical (unpaired) electrons. The van der Waals surface area contributed by atoms with Crippen LogP contribution in [0.4, 0.5) is 9.18 Å². The van der Waals surface area contributed by atoms with Crippen LogP contribution < -0.4 is 0 Å². The Morgan fingerprint density at radius 2 is 1.59 bits per heavy atom. The highest BCUT2D eigenvalue weighted by Gasteiger charge is 2.41. The van der Waals surface area contributed by atoms with Gasteiger partial charge in [0.25, 0.3) is 0 Å². The summed E-state index contributed by atoms with van der Waals surface area (Å²) in [5, 5.41) is 0. The molecule has 0 aromatic heterocycles. The fourth-order valence-electron chi connectivity index (χ4n) is 2.74. The molecular weight excluding hydrogens is 349 g/mol. The molecule has 1 aliphatic heterocycles. The summed E-state index contributed by atoms with van der Waals surface area (Å²) in [4.78, 5) is 26.6. The van der Waals surface area contributed by atoms with Gasteiger partial charge in [-0.3, -0.25) is 4.90 Å². The molecule has 0 aliphatic carbocycles. The number of likely N-dealkylation sites (tertiary alicyclic amines) is 1. The molecule has 148 valence electrons. The summed E-state index contributed by atoms with van der Waals surface area (Å²) in [5.74, 6) is -0.776. The van der Waals surface area contributed by atoms with Crippen molar-refractivity contribution in [2.24, 2.45) is 0 Å². The lowest BCUT2D eigenvalue weighted by Gasteiger charge is -2.29. The van der Waals surface area contributed by atoms with Gasteiger partial charge >= 0.3 is 12.1 Å². The van der Waals surface area contributed by atoms with Gasteiger partial charge in [-0.05, 0) is 64.8 Å². The standard InChI is InChI=1S/C21H28FNO4/c1-20(2,3)26-18(24)17-12-15(11-14-7-9-16(22)10-8-14)13-23(17)19(25)27-21(4,5)6/h7-11,17H,12-13H2,1-6H3/b15-11+/t17-/m1/s1. The maximum atomic E-state index is 13.1. The quantitative estimate of drug-likeness (QED) is 0.709. The molecule has 6 heteroatoms. The minimum absolute atomic E-state index is 0.260. The van der Waals surface area contributed by atoms with Crippen LogP contribution in [0.1, 0.15) is 53.5 Å². The van der Waals surface area contributed by atoms with Gasteiger partial charge in [-0.1, -0.05) is 18.2 Å². The molecule has 1 heterocycles. The lowest BCUT2D eigenvalue weighted by Crippen LogP contribution is -2.45. The first-order valence-corrected chi connectivity index (χ1v) is 9.01. The van der Waals surface area contributed by atoms with Gasteiger partial charge in [-0.2, -0.15) is 0 Å². The average molecular weight is 377 g/mol. The third-order valence-electron chi connectivity index (χ3n) is 3.75. The highest BCUT2D eigenvalue weighted by Crippen LogP contribution is 2.28. The first kappa shape index (κ1) is 20.9. The summed E-state index contributed by atoms with van der Waals surface area (Å²) in [6, 6.07) is 5.31. The number of carbonyl (C=O) groups excluding carboxylic acids is 2. The summed E-state index contributed by atoms with van der Waals surface area (Å²) in [5.41, 5.74) is 0.364. The first-order valence-electron chi connectivity index (χ1n) is 9.01. The van der Waals surface area contributed by atoms with E-state index in [4.69, 9.17) is 9.47 Å². The molecular formula is C21H28FNO4. The van der Waals surface area contributed by atoms with Crippen molar-refractivity contribution in [3.63, 3.8) is 0 Å². The second-order valence-corrected chi connectivity index (χ2v) is 8.72. The maximum absolute atomic E-state index is 13.1. The van der Waals surface area contributed by atoms with Crippen LogP contribution in [0.2, 0.25) is 0 Å². The molecule has 1 fully saturated rings. The Kier molecular flexibility index (Phi) is 5.97. The molecule has 0 spiro atoms. The monoisotopic (exact) mass is 377 g/mol. The predicted molar refractivity (Wildman–Crippen MR) is 102 cm³/mol. The Bertz CT molecular complexity index is 688. The number of amides is 1. The summed E-state index contributed by atoms with van der Waals surface area (Å²) in [6.45, 7) is 10.9. The van der Waals surface area contributed by atoms with E-state index < -0.39 is 29.3 Å². The van der Waals surface area contributed by atoms with E-state index in [9.17, 15) is 14.0 Å². The van der Waals surface area contributed by atoms with Crippen molar-refractivity contribution in [1.82, 2.24) is 4.90 Å². The largest absolute Gasteiger partial charge is 0.458 e. The van der Waals surface area contributed by atoms with Crippen LogP contribution in [-0.2, 0) is 14.3 Å². The van der Waals surface area contributed by atoms with Crippen LogP contribution in [0.25, 0.3) is 6.08 Å². The molecule has 1 saturated heterocycles. The van der Waals surface area contributed by atoms with Crippen molar-refractivity contribution in [2.75, 3.05) is 6.54 Å². The molecule has 5 nitrogen and oxygen atoms in total. The van der Waals surface area contributed by atoms with E-state index >= 15 is 0 Å². The Labute approximate surface area is 160 Å². The summed E-state index contributed by atoms with van der Waals surface area (Å²) < 4.78 is 24.0. The second kappa shape index (κ2) is 7.71. The van der Waals surface area contributed by atoms with Crippen molar-refractivity contribution in [3.8, 4) is 0 Å². The highest BCUT2D eigenvalue weighted by molar-refractivity contribution is 5.84. The van der Waals surface area contributed by atoms with E-state index in [1.54, 1.807) is 53.7 Å². The maximum Gasteiger partial charge on any atom is 0.411 e. The molecule has 1 atom stereocenters. The van der Waals surface area contributed by atoms with Gasteiger partial charge in [0.05, 0.1) is 0 Å². The van der Waals surface area contributed by atoms with Crippen molar-refractivity contribution in [1.29, 1.82) is 0 Å². The number of nitrogens with zero attached hydrogens (tertiary/aromatic N) is 1. The summed E-state index contributed by atoms with van der Waals surface area (Å²) in [6.07, 6.45) is 1.66. The molecule has 0 N–H and O–H groups in total. The smallest absolute Gasteiger partial charge is 0.411 e. The predicted octanol–water partition coefficient (Wildman–Crippen LogP) is 4.56. The summed E-state index contributed by atoms with van der Waals surface area (Å²) >= 11 is 0. The summed E-state index contributed by atoms with van der Waals surface area (Å²) in [7, 11) is 0. The van der Waals surface area contributed by atoms with E-state index in [0.717, 1.165) is 11.1 Å². The van der Waals surface area contributed by atoms with Crippen molar-refractivity contribution in [2.45, 2.75) is 65.2 Å². The van der Waals surface area contributed by atoms with Crippen LogP contribution in [0.5, 0.6) is 0 Å². The molecule has 0 unspecified atom stereocenters. The molecule has 1 amide bonds. The van der Waals surface area contributed by atoms with Crippen LogP contribution in [0, 0.1) is 5.82 Å². The van der Waals surface area contributed by atoms with Gasteiger partial charge in [0.2, 0.25) is 0 Å². The van der Waals surface area contributed by atoms with Gasteiger partial charge in [0.15, 0.2) is 0 Å². The minimum Gasteiger partial charge on any atom is -0.458 e. The van der Waals surface area contributed by atoms with Crippen molar-refractivity contribution >= 4 is 18.1 Å². The second-order valence-electron chi connectivity index (χ2n) is 8.72. The van der Waals surface area contributed by atoms with Gasteiger partial charge in [0.1, 0.15) is 23.1 Å². The fourth-order valence-corrected chi connectivity index (χ4v) is 2.74. The third kappa shape index (κ3) is 6.38. The Morgan fingerprint density at radius 3 is 2.11 bits per heavy atom. The molecule has 27 heavy (non-hydrogen) atoms. The molecule has 0 bridgehead atoms. The average Bonchev–Trinajstić information content (AvgIpc) is 2.90. The molecule has 1 aromatic rings. The number of ether oxygens (including phenoxy) is 2.